The van der Waals surface area contributed by atoms with Crippen molar-refractivity contribution in [2.24, 2.45) is 0 Å². The highest BCUT2D eigenvalue weighted by Crippen LogP contribution is 2.27. The zero-order valence-corrected chi connectivity index (χ0v) is 13.5. The number of hydrogen-bond donors (Lipinski definition) is 0. The van der Waals surface area contributed by atoms with Crippen LogP contribution in [0.15, 0.2) is 24.3 Å². The average molecular weight is 303 g/mol. The van der Waals surface area contributed by atoms with Crippen molar-refractivity contribution in [3.63, 3.8) is 0 Å². The van der Waals surface area contributed by atoms with Crippen molar-refractivity contribution in [1.29, 1.82) is 0 Å². The molecule has 5 nitrogen and oxygen atoms in total. The highest BCUT2D eigenvalue weighted by molar-refractivity contribution is 5.96. The number of carbonyl (C=O) groups excluding carboxylic acids is 1. The van der Waals surface area contributed by atoms with Gasteiger partial charge in [0.15, 0.2) is 0 Å². The predicted octanol–water partition coefficient (Wildman–Crippen LogP) is 0.838. The van der Waals surface area contributed by atoms with Gasteiger partial charge in [-0.05, 0) is 32.1 Å². The molecule has 0 N–H and O–H groups in total. The number of amides is 1. The van der Waals surface area contributed by atoms with Gasteiger partial charge in [0.1, 0.15) is 0 Å². The van der Waals surface area contributed by atoms with Crippen LogP contribution in [0.5, 0.6) is 0 Å². The van der Waals surface area contributed by atoms with E-state index in [-0.39, 0.29) is 12.0 Å². The summed E-state index contributed by atoms with van der Waals surface area (Å²) in [5.74, 6) is 0.204. The number of para-hydroxylation sites is 1. The zero-order chi connectivity index (χ0) is 15.5. The summed E-state index contributed by atoms with van der Waals surface area (Å²) in [4.78, 5) is 18.9. The van der Waals surface area contributed by atoms with E-state index in [0.717, 1.165) is 38.3 Å². The van der Waals surface area contributed by atoms with Gasteiger partial charge in [0, 0.05) is 31.9 Å². The lowest BCUT2D eigenvalue weighted by Crippen LogP contribution is -2.50. The van der Waals surface area contributed by atoms with E-state index in [0.29, 0.717) is 13.2 Å². The number of fused-ring (bicyclic) bond motifs is 1. The van der Waals surface area contributed by atoms with E-state index in [4.69, 9.17) is 4.74 Å². The fourth-order valence-corrected chi connectivity index (χ4v) is 3.32. The lowest BCUT2D eigenvalue weighted by atomic mass is 10.2. The van der Waals surface area contributed by atoms with E-state index in [2.05, 4.69) is 30.0 Å². The van der Waals surface area contributed by atoms with E-state index >= 15 is 0 Å². The summed E-state index contributed by atoms with van der Waals surface area (Å²) in [6.45, 7) is 4.58. The third-order valence-corrected chi connectivity index (χ3v) is 4.34. The van der Waals surface area contributed by atoms with Gasteiger partial charge in [0.2, 0.25) is 5.91 Å². The van der Waals surface area contributed by atoms with Crippen LogP contribution in [-0.4, -0.2) is 75.2 Å². The van der Waals surface area contributed by atoms with Crippen molar-refractivity contribution in [3.8, 4) is 0 Å². The van der Waals surface area contributed by atoms with E-state index in [9.17, 15) is 4.79 Å². The standard InChI is InChI=1S/C17H25N3O2/c1-18(2)11-15-12-19(9-10-22-15)13-17(21)20-8-7-14-5-3-4-6-16(14)20/h3-6,15H,7-13H2,1-2H3/t15-/m1/s1. The van der Waals surface area contributed by atoms with Gasteiger partial charge in [-0.2, -0.15) is 0 Å². The third-order valence-electron chi connectivity index (χ3n) is 4.34. The molecule has 0 bridgehead atoms. The Morgan fingerprint density at radius 3 is 2.95 bits per heavy atom. The maximum atomic E-state index is 12.6. The molecule has 5 heteroatoms. The first-order valence-corrected chi connectivity index (χ1v) is 8.00. The van der Waals surface area contributed by atoms with Gasteiger partial charge in [0.25, 0.3) is 0 Å². The summed E-state index contributed by atoms with van der Waals surface area (Å²) >= 11 is 0. The van der Waals surface area contributed by atoms with Gasteiger partial charge >= 0.3 is 0 Å². The van der Waals surface area contributed by atoms with E-state index in [1.165, 1.54) is 5.56 Å². The molecular weight excluding hydrogens is 278 g/mol. The minimum absolute atomic E-state index is 0.197. The van der Waals surface area contributed by atoms with Crippen LogP contribution in [0.25, 0.3) is 0 Å². The number of ether oxygens (including phenoxy) is 1. The second kappa shape index (κ2) is 6.77. The van der Waals surface area contributed by atoms with E-state index in [1.54, 1.807) is 0 Å². The Morgan fingerprint density at radius 1 is 1.32 bits per heavy atom. The molecular formula is C17H25N3O2. The summed E-state index contributed by atoms with van der Waals surface area (Å²) in [5.41, 5.74) is 2.37. The molecule has 3 rings (SSSR count). The van der Waals surface area contributed by atoms with Gasteiger partial charge in [-0.25, -0.2) is 0 Å². The Balaban J connectivity index is 1.58. The van der Waals surface area contributed by atoms with E-state index < -0.39 is 0 Å². The summed E-state index contributed by atoms with van der Waals surface area (Å²) < 4.78 is 5.77. The number of rotatable bonds is 4. The minimum atomic E-state index is 0.197. The smallest absolute Gasteiger partial charge is 0.241 e. The first kappa shape index (κ1) is 15.5. The Hall–Kier alpha value is -1.43. The second-order valence-corrected chi connectivity index (χ2v) is 6.41. The molecule has 2 aliphatic rings. The topological polar surface area (TPSA) is 36.0 Å². The van der Waals surface area contributed by atoms with Gasteiger partial charge in [0.05, 0.1) is 19.3 Å². The van der Waals surface area contributed by atoms with Gasteiger partial charge < -0.3 is 14.5 Å². The Labute approximate surface area is 132 Å². The van der Waals surface area contributed by atoms with Crippen LogP contribution in [0.1, 0.15) is 5.56 Å². The summed E-state index contributed by atoms with van der Waals surface area (Å²) in [6.07, 6.45) is 1.16. The number of carbonyl (C=O) groups is 1. The molecule has 22 heavy (non-hydrogen) atoms. The first-order chi connectivity index (χ1) is 10.6. The van der Waals surface area contributed by atoms with Gasteiger partial charge in [-0.15, -0.1) is 0 Å². The largest absolute Gasteiger partial charge is 0.374 e. The third kappa shape index (κ3) is 3.48. The molecule has 2 heterocycles. The Kier molecular flexibility index (Phi) is 4.76. The van der Waals surface area contributed by atoms with Crippen LogP contribution < -0.4 is 4.90 Å². The number of morpholine rings is 1. The maximum absolute atomic E-state index is 12.6. The molecule has 0 aliphatic carbocycles. The van der Waals surface area contributed by atoms with Crippen LogP contribution >= 0.6 is 0 Å². The number of likely N-dealkylation sites (N-methyl/N-ethyl adjacent to an activating group) is 1. The van der Waals surface area contributed by atoms with Crippen molar-refractivity contribution >= 4 is 11.6 Å². The molecule has 0 aromatic heterocycles. The fourth-order valence-electron chi connectivity index (χ4n) is 3.32. The minimum Gasteiger partial charge on any atom is -0.374 e. The number of anilines is 1. The quantitative estimate of drug-likeness (QED) is 0.826. The lowest BCUT2D eigenvalue weighted by Gasteiger charge is -2.34. The molecule has 0 saturated carbocycles. The molecule has 1 fully saturated rings. The molecule has 1 aromatic carbocycles. The summed E-state index contributed by atoms with van der Waals surface area (Å²) in [7, 11) is 4.10. The average Bonchev–Trinajstić information content (AvgIpc) is 2.91. The van der Waals surface area contributed by atoms with Crippen LogP contribution in [-0.2, 0) is 16.0 Å². The Bertz CT molecular complexity index is 532. The predicted molar refractivity (Wildman–Crippen MR) is 87.2 cm³/mol. The zero-order valence-electron chi connectivity index (χ0n) is 13.5. The molecule has 1 aromatic rings. The van der Waals surface area contributed by atoms with Crippen molar-refractivity contribution in [3.05, 3.63) is 29.8 Å². The molecule has 0 unspecified atom stereocenters. The van der Waals surface area contributed by atoms with Crippen LogP contribution in [0.3, 0.4) is 0 Å². The number of nitrogens with zero attached hydrogens (tertiary/aromatic N) is 3. The van der Waals surface area contributed by atoms with Crippen molar-refractivity contribution in [2.45, 2.75) is 12.5 Å². The molecule has 1 saturated heterocycles. The monoisotopic (exact) mass is 303 g/mol. The first-order valence-electron chi connectivity index (χ1n) is 8.00. The number of hydrogen-bond acceptors (Lipinski definition) is 4. The molecule has 0 spiro atoms. The SMILES string of the molecule is CN(C)C[C@@H]1CN(CC(=O)N2CCc3ccccc32)CCO1. The molecule has 0 radical (unpaired) electrons. The fraction of sp³-hybridized carbons (Fsp3) is 0.588. The summed E-state index contributed by atoms with van der Waals surface area (Å²) in [6, 6.07) is 8.21. The molecule has 1 atom stereocenters. The van der Waals surface area contributed by atoms with Crippen LogP contribution in [0.2, 0.25) is 0 Å². The molecule has 120 valence electrons. The Morgan fingerprint density at radius 2 is 2.14 bits per heavy atom. The van der Waals surface area contributed by atoms with Crippen molar-refractivity contribution in [1.82, 2.24) is 9.80 Å². The van der Waals surface area contributed by atoms with Crippen LogP contribution in [0, 0.1) is 0 Å². The molecule has 2 aliphatic heterocycles. The van der Waals surface area contributed by atoms with Crippen molar-refractivity contribution < 1.29 is 9.53 Å². The summed E-state index contributed by atoms with van der Waals surface area (Å²) in [5, 5.41) is 0. The normalized spacial score (nSPS) is 22.1. The van der Waals surface area contributed by atoms with E-state index in [1.807, 2.05) is 23.1 Å². The van der Waals surface area contributed by atoms with Crippen molar-refractivity contribution in [2.75, 3.05) is 58.3 Å². The highest BCUT2D eigenvalue weighted by atomic mass is 16.5. The van der Waals surface area contributed by atoms with Gasteiger partial charge in [-0.3, -0.25) is 9.69 Å². The highest BCUT2D eigenvalue weighted by Gasteiger charge is 2.28. The number of benzene rings is 1. The maximum Gasteiger partial charge on any atom is 0.241 e. The van der Waals surface area contributed by atoms with Crippen LogP contribution in [0.4, 0.5) is 5.69 Å². The lowest BCUT2D eigenvalue weighted by molar-refractivity contribution is -0.121. The molecule has 1 amide bonds. The second-order valence-electron chi connectivity index (χ2n) is 6.41. The van der Waals surface area contributed by atoms with Gasteiger partial charge in [-0.1, -0.05) is 18.2 Å².